The maximum Gasteiger partial charge on any atom is 0.256 e. The number of anilines is 1. The molecule has 5 rings (SSSR count). The second-order valence-corrected chi connectivity index (χ2v) is 10.1. The average Bonchev–Trinajstić information content (AvgIpc) is 3.41. The molecule has 196 valence electrons. The van der Waals surface area contributed by atoms with Crippen molar-refractivity contribution < 1.29 is 14.4 Å². The zero-order valence-corrected chi connectivity index (χ0v) is 22.2. The van der Waals surface area contributed by atoms with Crippen molar-refractivity contribution in [1.29, 1.82) is 0 Å². The summed E-state index contributed by atoms with van der Waals surface area (Å²) in [6.45, 7) is 7.41. The zero-order chi connectivity index (χ0) is 26.8. The molecular weight excluding hydrogens is 476 g/mol. The molecule has 7 heteroatoms. The summed E-state index contributed by atoms with van der Waals surface area (Å²) in [4.78, 5) is 44.6. The summed E-state index contributed by atoms with van der Waals surface area (Å²) in [5, 5.41) is 6.02. The van der Waals surface area contributed by atoms with Gasteiger partial charge in [-0.2, -0.15) is 0 Å². The summed E-state index contributed by atoms with van der Waals surface area (Å²) in [6.07, 6.45) is 5.77. The van der Waals surface area contributed by atoms with Crippen molar-refractivity contribution in [2.45, 2.75) is 52.5 Å². The van der Waals surface area contributed by atoms with Crippen molar-refractivity contribution in [3.05, 3.63) is 87.7 Å². The van der Waals surface area contributed by atoms with E-state index in [2.05, 4.69) is 15.6 Å². The van der Waals surface area contributed by atoms with Gasteiger partial charge >= 0.3 is 0 Å². The van der Waals surface area contributed by atoms with E-state index in [4.69, 9.17) is 0 Å². The third-order valence-electron chi connectivity index (χ3n) is 7.60. The van der Waals surface area contributed by atoms with Crippen molar-refractivity contribution >= 4 is 35.1 Å². The molecule has 1 saturated heterocycles. The topological polar surface area (TPSA) is 94.3 Å². The lowest BCUT2D eigenvalue weighted by Crippen LogP contribution is -2.36. The van der Waals surface area contributed by atoms with E-state index in [1.165, 1.54) is 0 Å². The predicted molar refractivity (Wildman–Crippen MR) is 150 cm³/mol. The number of hydrogen-bond acceptors (Lipinski definition) is 3. The van der Waals surface area contributed by atoms with Gasteiger partial charge in [0.25, 0.3) is 17.7 Å². The van der Waals surface area contributed by atoms with Crippen LogP contribution in [0.15, 0.2) is 48.5 Å². The Bertz CT molecular complexity index is 1410. The van der Waals surface area contributed by atoms with Gasteiger partial charge in [-0.1, -0.05) is 37.3 Å². The number of nitrogens with zero attached hydrogens (tertiary/aromatic N) is 1. The molecule has 0 unspecified atom stereocenters. The van der Waals surface area contributed by atoms with Crippen LogP contribution >= 0.6 is 0 Å². The number of piperidine rings is 1. The molecule has 1 fully saturated rings. The Labute approximate surface area is 223 Å². The number of aromatic nitrogens is 1. The Morgan fingerprint density at radius 2 is 1.79 bits per heavy atom. The Balaban J connectivity index is 1.43. The predicted octanol–water partition coefficient (Wildman–Crippen LogP) is 5.63. The standard InChI is InChI=1S/C31H34N4O3/c1-4-25(21-11-7-5-8-12-21)33-29(36)22-13-14-26-23(17-22)24(30(37)34-26)18-27-19(2)28(20(3)32-27)31(38)35-15-9-6-10-16-35/h5,7-8,11-14,17-18,25,32H,4,6,9-10,15-16H2,1-3H3,(H,33,36)(H,34,37)/b24-18-/t25-/m0/s1. The number of hydrogen-bond donors (Lipinski definition) is 3. The molecule has 3 heterocycles. The minimum Gasteiger partial charge on any atom is -0.358 e. The van der Waals surface area contributed by atoms with Crippen LogP contribution in [0.25, 0.3) is 11.6 Å². The number of amides is 3. The quantitative estimate of drug-likeness (QED) is 0.375. The highest BCUT2D eigenvalue weighted by atomic mass is 16.2. The van der Waals surface area contributed by atoms with Crippen LogP contribution in [0.3, 0.4) is 0 Å². The van der Waals surface area contributed by atoms with Gasteiger partial charge in [0.1, 0.15) is 0 Å². The molecule has 0 radical (unpaired) electrons. The number of nitrogens with one attached hydrogen (secondary N) is 3. The van der Waals surface area contributed by atoms with Crippen LogP contribution in [0, 0.1) is 13.8 Å². The minimum atomic E-state index is -0.233. The smallest absolute Gasteiger partial charge is 0.256 e. The fourth-order valence-corrected chi connectivity index (χ4v) is 5.46. The number of carbonyl (C=O) groups excluding carboxylic acids is 3. The van der Waals surface area contributed by atoms with E-state index in [-0.39, 0.29) is 23.8 Å². The van der Waals surface area contributed by atoms with E-state index in [1.807, 2.05) is 56.0 Å². The molecule has 1 aromatic heterocycles. The van der Waals surface area contributed by atoms with Crippen molar-refractivity contribution in [2.24, 2.45) is 0 Å². The molecule has 3 amide bonds. The third-order valence-corrected chi connectivity index (χ3v) is 7.60. The molecule has 0 bridgehead atoms. The molecule has 0 aliphatic carbocycles. The fraction of sp³-hybridized carbons (Fsp3) is 0.323. The largest absolute Gasteiger partial charge is 0.358 e. The molecule has 38 heavy (non-hydrogen) atoms. The molecule has 0 spiro atoms. The highest BCUT2D eigenvalue weighted by Crippen LogP contribution is 2.35. The van der Waals surface area contributed by atoms with Gasteiger partial charge in [-0.15, -0.1) is 0 Å². The first kappa shape index (κ1) is 25.5. The number of rotatable bonds is 6. The van der Waals surface area contributed by atoms with Crippen molar-refractivity contribution in [3.8, 4) is 0 Å². The summed E-state index contributed by atoms with van der Waals surface area (Å²) < 4.78 is 0. The molecule has 0 saturated carbocycles. The second kappa shape index (κ2) is 10.7. The summed E-state index contributed by atoms with van der Waals surface area (Å²) >= 11 is 0. The molecule has 3 N–H and O–H groups in total. The summed E-state index contributed by atoms with van der Waals surface area (Å²) in [7, 11) is 0. The molecule has 2 aliphatic heterocycles. The molecule has 2 aliphatic rings. The van der Waals surface area contributed by atoms with Crippen LogP contribution in [-0.2, 0) is 4.79 Å². The first-order valence-electron chi connectivity index (χ1n) is 13.4. The average molecular weight is 511 g/mol. The number of benzene rings is 2. The van der Waals surface area contributed by atoms with Gasteiger partial charge < -0.3 is 20.5 Å². The van der Waals surface area contributed by atoms with Crippen LogP contribution in [0.2, 0.25) is 0 Å². The number of fused-ring (bicyclic) bond motifs is 1. The second-order valence-electron chi connectivity index (χ2n) is 10.1. The molecule has 7 nitrogen and oxygen atoms in total. The van der Waals surface area contributed by atoms with Crippen LogP contribution < -0.4 is 10.6 Å². The fourth-order valence-electron chi connectivity index (χ4n) is 5.46. The van der Waals surface area contributed by atoms with Crippen LogP contribution in [-0.4, -0.2) is 40.7 Å². The number of aromatic amines is 1. The van der Waals surface area contributed by atoms with Crippen molar-refractivity contribution in [2.75, 3.05) is 18.4 Å². The van der Waals surface area contributed by atoms with E-state index in [0.29, 0.717) is 28.0 Å². The summed E-state index contributed by atoms with van der Waals surface area (Å²) in [5.41, 5.74) is 6.37. The maximum absolute atomic E-state index is 13.3. The van der Waals surface area contributed by atoms with E-state index < -0.39 is 0 Å². The Morgan fingerprint density at radius 3 is 2.50 bits per heavy atom. The number of H-pyrrole nitrogens is 1. The molecule has 3 aromatic rings. The maximum atomic E-state index is 13.3. The van der Waals surface area contributed by atoms with Gasteiger partial charge in [0.2, 0.25) is 0 Å². The lowest BCUT2D eigenvalue weighted by molar-refractivity contribution is -0.110. The van der Waals surface area contributed by atoms with Gasteiger partial charge in [0.15, 0.2) is 0 Å². The van der Waals surface area contributed by atoms with Gasteiger partial charge in [0, 0.05) is 41.3 Å². The zero-order valence-electron chi connectivity index (χ0n) is 22.2. The van der Waals surface area contributed by atoms with Crippen LogP contribution in [0.5, 0.6) is 0 Å². The Hall–Kier alpha value is -4.13. The Morgan fingerprint density at radius 1 is 1.05 bits per heavy atom. The Kier molecular flexibility index (Phi) is 7.18. The van der Waals surface area contributed by atoms with Gasteiger partial charge in [-0.25, -0.2) is 0 Å². The lowest BCUT2D eigenvalue weighted by Gasteiger charge is -2.27. The van der Waals surface area contributed by atoms with E-state index >= 15 is 0 Å². The van der Waals surface area contributed by atoms with Gasteiger partial charge in [0.05, 0.1) is 17.2 Å². The minimum absolute atomic E-state index is 0.0414. The van der Waals surface area contributed by atoms with Gasteiger partial charge in [-0.05, 0) is 74.9 Å². The van der Waals surface area contributed by atoms with Gasteiger partial charge in [-0.3, -0.25) is 14.4 Å². The molecule has 2 aromatic carbocycles. The first-order valence-corrected chi connectivity index (χ1v) is 13.4. The monoisotopic (exact) mass is 510 g/mol. The summed E-state index contributed by atoms with van der Waals surface area (Å²) in [6, 6.07) is 15.0. The van der Waals surface area contributed by atoms with E-state index in [9.17, 15) is 14.4 Å². The first-order chi connectivity index (χ1) is 18.4. The normalized spacial score (nSPS) is 16.8. The van der Waals surface area contributed by atoms with E-state index in [0.717, 1.165) is 61.3 Å². The van der Waals surface area contributed by atoms with Crippen molar-refractivity contribution in [3.63, 3.8) is 0 Å². The van der Waals surface area contributed by atoms with Crippen molar-refractivity contribution in [1.82, 2.24) is 15.2 Å². The van der Waals surface area contributed by atoms with Crippen LogP contribution in [0.1, 0.15) is 87.4 Å². The molecule has 1 atom stereocenters. The van der Waals surface area contributed by atoms with E-state index in [1.54, 1.807) is 24.3 Å². The third kappa shape index (κ3) is 4.88. The molecular formula is C31H34N4O3. The number of carbonyl (C=O) groups is 3. The highest BCUT2D eigenvalue weighted by Gasteiger charge is 2.28. The summed E-state index contributed by atoms with van der Waals surface area (Å²) in [5.74, 6) is -0.382. The SMILES string of the molecule is CC[C@H](NC(=O)c1ccc2c(c1)/C(=C/c1[nH]c(C)c(C(=O)N3CCCCC3)c1C)C(=O)N2)c1ccccc1. The lowest BCUT2D eigenvalue weighted by atomic mass is 10.00. The highest BCUT2D eigenvalue weighted by molar-refractivity contribution is 6.35. The number of likely N-dealkylation sites (tertiary alicyclic amines) is 1. The number of aryl methyl sites for hydroxylation is 1. The van der Waals surface area contributed by atoms with Crippen LogP contribution in [0.4, 0.5) is 5.69 Å².